The molecule has 2 aromatic rings. The first-order valence-electron chi connectivity index (χ1n) is 6.98. The van der Waals surface area contributed by atoms with Gasteiger partial charge in [0.2, 0.25) is 5.88 Å². The number of benzene rings is 1. The number of rotatable bonds is 7. The zero-order valence-electron chi connectivity index (χ0n) is 12.4. The van der Waals surface area contributed by atoms with Crippen LogP contribution in [-0.2, 0) is 6.54 Å². The molecular weight excluding hydrogens is 266 g/mol. The quantitative estimate of drug-likeness (QED) is 0.819. The second-order valence-electron chi connectivity index (χ2n) is 5.50. The Hall–Kier alpha value is -1.98. The Kier molecular flexibility index (Phi) is 5.25. The maximum atomic E-state index is 9.01. The molecule has 5 nitrogen and oxygen atoms in total. The number of ether oxygens (including phenoxy) is 1. The molecule has 0 radical (unpaired) electrons. The highest BCUT2D eigenvalue weighted by Crippen LogP contribution is 2.19. The number of nitrogens with one attached hydrogen (secondary N) is 1. The fourth-order valence-electron chi connectivity index (χ4n) is 1.84. The summed E-state index contributed by atoms with van der Waals surface area (Å²) >= 11 is 0. The van der Waals surface area contributed by atoms with Crippen molar-refractivity contribution in [2.45, 2.75) is 32.4 Å². The molecule has 0 fully saturated rings. The van der Waals surface area contributed by atoms with E-state index in [-0.39, 0.29) is 12.1 Å². The van der Waals surface area contributed by atoms with Crippen molar-refractivity contribution >= 4 is 0 Å². The summed E-state index contributed by atoms with van der Waals surface area (Å²) in [6.45, 7) is 5.09. The van der Waals surface area contributed by atoms with Crippen LogP contribution in [-0.4, -0.2) is 27.2 Å². The van der Waals surface area contributed by atoms with E-state index in [1.807, 2.05) is 24.3 Å². The summed E-state index contributed by atoms with van der Waals surface area (Å²) in [5, 5.41) is 12.4. The molecule has 1 aromatic carbocycles. The van der Waals surface area contributed by atoms with E-state index in [0.29, 0.717) is 5.88 Å². The van der Waals surface area contributed by atoms with Crippen molar-refractivity contribution in [1.29, 1.82) is 0 Å². The minimum atomic E-state index is -0.0798. The molecule has 2 N–H and O–H groups in total. The van der Waals surface area contributed by atoms with Gasteiger partial charge in [0.25, 0.3) is 0 Å². The minimum absolute atomic E-state index is 0.0798. The Morgan fingerprint density at radius 3 is 2.57 bits per heavy atom. The molecule has 0 saturated heterocycles. The number of aliphatic hydroxyl groups is 1. The van der Waals surface area contributed by atoms with E-state index in [1.165, 1.54) is 0 Å². The smallest absolute Gasteiger partial charge is 0.237 e. The number of aliphatic hydroxyl groups excluding tert-OH is 1. The van der Waals surface area contributed by atoms with E-state index < -0.39 is 0 Å². The molecule has 1 aromatic heterocycles. The Labute approximate surface area is 125 Å². The third-order valence-corrected chi connectivity index (χ3v) is 3.19. The van der Waals surface area contributed by atoms with Crippen molar-refractivity contribution in [3.05, 3.63) is 48.4 Å². The number of hydrogen-bond donors (Lipinski definition) is 2. The zero-order chi connectivity index (χ0) is 15.1. The van der Waals surface area contributed by atoms with Crippen LogP contribution in [0.3, 0.4) is 0 Å². The van der Waals surface area contributed by atoms with E-state index in [0.717, 1.165) is 24.3 Å². The van der Waals surface area contributed by atoms with Gasteiger partial charge in [0, 0.05) is 31.1 Å². The van der Waals surface area contributed by atoms with Crippen LogP contribution in [0.2, 0.25) is 0 Å². The van der Waals surface area contributed by atoms with Crippen molar-refractivity contribution in [3.63, 3.8) is 0 Å². The lowest BCUT2D eigenvalue weighted by molar-refractivity contribution is 0.230. The van der Waals surface area contributed by atoms with Crippen molar-refractivity contribution < 1.29 is 9.84 Å². The second-order valence-corrected chi connectivity index (χ2v) is 5.50. The monoisotopic (exact) mass is 287 g/mol. The van der Waals surface area contributed by atoms with Gasteiger partial charge in [-0.05, 0) is 38.0 Å². The van der Waals surface area contributed by atoms with Crippen molar-refractivity contribution in [3.8, 4) is 11.6 Å². The first-order valence-corrected chi connectivity index (χ1v) is 6.98. The first kappa shape index (κ1) is 15.4. The van der Waals surface area contributed by atoms with Crippen LogP contribution < -0.4 is 10.1 Å². The topological polar surface area (TPSA) is 67.3 Å². The van der Waals surface area contributed by atoms with Gasteiger partial charge in [-0.15, -0.1) is 0 Å². The predicted molar refractivity (Wildman–Crippen MR) is 81.2 cm³/mol. The van der Waals surface area contributed by atoms with Crippen molar-refractivity contribution in [1.82, 2.24) is 15.3 Å². The molecular formula is C16H21N3O2. The predicted octanol–water partition coefficient (Wildman–Crippen LogP) is 2.52. The highest BCUT2D eigenvalue weighted by molar-refractivity contribution is 5.29. The van der Waals surface area contributed by atoms with Gasteiger partial charge < -0.3 is 15.2 Å². The average Bonchev–Trinajstić information content (AvgIpc) is 2.48. The SMILES string of the molecule is CC(C)(CCO)NCc1ccc(Oc2cnccn2)cc1. The van der Waals surface area contributed by atoms with E-state index in [2.05, 4.69) is 29.1 Å². The normalized spacial score (nSPS) is 11.4. The van der Waals surface area contributed by atoms with Crippen molar-refractivity contribution in [2.24, 2.45) is 0 Å². The van der Waals surface area contributed by atoms with Gasteiger partial charge in [-0.2, -0.15) is 0 Å². The summed E-state index contributed by atoms with van der Waals surface area (Å²) in [6, 6.07) is 7.83. The maximum Gasteiger partial charge on any atom is 0.237 e. The standard InChI is InChI=1S/C16H21N3O2/c1-16(2,7-10-20)19-11-13-3-5-14(6-4-13)21-15-12-17-8-9-18-15/h3-6,8-9,12,19-20H,7,10-11H2,1-2H3. The lowest BCUT2D eigenvalue weighted by Crippen LogP contribution is -2.39. The summed E-state index contributed by atoms with van der Waals surface area (Å²) in [5.41, 5.74) is 1.08. The number of hydrogen-bond acceptors (Lipinski definition) is 5. The lowest BCUT2D eigenvalue weighted by Gasteiger charge is -2.25. The molecule has 0 spiro atoms. The summed E-state index contributed by atoms with van der Waals surface area (Å²) in [5.74, 6) is 1.21. The first-order chi connectivity index (χ1) is 10.1. The largest absolute Gasteiger partial charge is 0.438 e. The molecule has 5 heteroatoms. The molecule has 0 saturated carbocycles. The maximum absolute atomic E-state index is 9.01. The van der Waals surface area contributed by atoms with Crippen LogP contribution >= 0.6 is 0 Å². The molecule has 2 rings (SSSR count). The van der Waals surface area contributed by atoms with Gasteiger partial charge in [0.15, 0.2) is 0 Å². The van der Waals surface area contributed by atoms with Gasteiger partial charge in [0.1, 0.15) is 5.75 Å². The molecule has 0 amide bonds. The van der Waals surface area contributed by atoms with Crippen LogP contribution in [0.15, 0.2) is 42.9 Å². The second kappa shape index (κ2) is 7.15. The minimum Gasteiger partial charge on any atom is -0.438 e. The summed E-state index contributed by atoms with van der Waals surface area (Å²) < 4.78 is 5.59. The molecule has 0 aliphatic heterocycles. The van der Waals surface area contributed by atoms with E-state index in [4.69, 9.17) is 9.84 Å². The fourth-order valence-corrected chi connectivity index (χ4v) is 1.84. The summed E-state index contributed by atoms with van der Waals surface area (Å²) in [6.07, 6.45) is 5.50. The molecule has 1 heterocycles. The Morgan fingerprint density at radius 2 is 1.95 bits per heavy atom. The van der Waals surface area contributed by atoms with Gasteiger partial charge >= 0.3 is 0 Å². The van der Waals surface area contributed by atoms with E-state index in [9.17, 15) is 0 Å². The van der Waals surface area contributed by atoms with Gasteiger partial charge in [-0.25, -0.2) is 4.98 Å². The van der Waals surface area contributed by atoms with Crippen LogP contribution in [0.1, 0.15) is 25.8 Å². The summed E-state index contributed by atoms with van der Waals surface area (Å²) in [7, 11) is 0. The average molecular weight is 287 g/mol. The number of aromatic nitrogens is 2. The van der Waals surface area contributed by atoms with Gasteiger partial charge in [-0.3, -0.25) is 4.98 Å². The van der Waals surface area contributed by atoms with Gasteiger partial charge in [0.05, 0.1) is 6.20 Å². The molecule has 0 bridgehead atoms. The molecule has 112 valence electrons. The van der Waals surface area contributed by atoms with Gasteiger partial charge in [-0.1, -0.05) is 12.1 Å². The zero-order valence-corrected chi connectivity index (χ0v) is 12.4. The van der Waals surface area contributed by atoms with Crippen LogP contribution in [0, 0.1) is 0 Å². The molecule has 21 heavy (non-hydrogen) atoms. The lowest BCUT2D eigenvalue weighted by atomic mass is 10.0. The summed E-state index contributed by atoms with van der Waals surface area (Å²) in [4.78, 5) is 8.02. The molecule has 0 aliphatic carbocycles. The molecule has 0 unspecified atom stereocenters. The molecule has 0 aliphatic rings. The van der Waals surface area contributed by atoms with Crippen LogP contribution in [0.25, 0.3) is 0 Å². The Morgan fingerprint density at radius 1 is 1.19 bits per heavy atom. The third-order valence-electron chi connectivity index (χ3n) is 3.19. The van der Waals surface area contributed by atoms with Crippen LogP contribution in [0.4, 0.5) is 0 Å². The third kappa shape index (κ3) is 5.13. The Bertz CT molecular complexity index is 541. The highest BCUT2D eigenvalue weighted by Gasteiger charge is 2.15. The van der Waals surface area contributed by atoms with Crippen molar-refractivity contribution in [2.75, 3.05) is 6.61 Å². The van der Waals surface area contributed by atoms with Crippen LogP contribution in [0.5, 0.6) is 11.6 Å². The highest BCUT2D eigenvalue weighted by atomic mass is 16.5. The van der Waals surface area contributed by atoms with E-state index in [1.54, 1.807) is 18.6 Å². The van der Waals surface area contributed by atoms with E-state index >= 15 is 0 Å². The molecule has 0 atom stereocenters. The fraction of sp³-hybridized carbons (Fsp3) is 0.375. The Balaban J connectivity index is 1.90. The number of nitrogens with zero attached hydrogens (tertiary/aromatic N) is 2.